The molecular formula is C7H11ClO3. The Hall–Kier alpha value is -0.540. The maximum atomic E-state index is 10.4. The molecule has 0 aliphatic heterocycles. The summed E-state index contributed by atoms with van der Waals surface area (Å²) in [5, 5.41) is 0. The van der Waals surface area contributed by atoms with Crippen LogP contribution in [0.2, 0.25) is 0 Å². The van der Waals surface area contributed by atoms with Crippen LogP contribution in [0.1, 0.15) is 0 Å². The van der Waals surface area contributed by atoms with Crippen LogP contribution >= 0.6 is 11.6 Å². The number of hydrogen-bond acceptors (Lipinski definition) is 3. The van der Waals surface area contributed by atoms with Crippen molar-refractivity contribution in [3.63, 3.8) is 0 Å². The summed E-state index contributed by atoms with van der Waals surface area (Å²) in [6, 6.07) is 0. The molecule has 0 N–H and O–H groups in total. The zero-order chi connectivity index (χ0) is 8.53. The largest absolute Gasteiger partial charge is 0.467 e. The quantitative estimate of drug-likeness (QED) is 0.272. The van der Waals surface area contributed by atoms with Crippen molar-refractivity contribution in [3.8, 4) is 0 Å². The Bertz CT molecular complexity index is 134. The molecule has 0 amide bonds. The number of ether oxygens (including phenoxy) is 2. The van der Waals surface area contributed by atoms with Crippen molar-refractivity contribution in [1.29, 1.82) is 0 Å². The van der Waals surface area contributed by atoms with Crippen LogP contribution in [0.5, 0.6) is 0 Å². The topological polar surface area (TPSA) is 35.5 Å². The van der Waals surface area contributed by atoms with Gasteiger partial charge in [-0.2, -0.15) is 0 Å². The van der Waals surface area contributed by atoms with Crippen molar-refractivity contribution in [2.45, 2.75) is 0 Å². The van der Waals surface area contributed by atoms with Crippen molar-refractivity contribution in [3.05, 3.63) is 12.2 Å². The minimum Gasteiger partial charge on any atom is -0.467 e. The van der Waals surface area contributed by atoms with Gasteiger partial charge in [0.05, 0.1) is 13.7 Å². The fourth-order valence-corrected chi connectivity index (χ4v) is 0.526. The van der Waals surface area contributed by atoms with Crippen LogP contribution in [0.4, 0.5) is 0 Å². The first kappa shape index (κ1) is 10.5. The molecule has 0 bridgehead atoms. The highest BCUT2D eigenvalue weighted by molar-refractivity contribution is 6.18. The zero-order valence-corrected chi connectivity index (χ0v) is 7.13. The molecule has 0 atom stereocenters. The number of alkyl halides is 1. The summed E-state index contributed by atoms with van der Waals surface area (Å²) < 4.78 is 9.21. The fourth-order valence-electron chi connectivity index (χ4n) is 0.400. The van der Waals surface area contributed by atoms with Gasteiger partial charge in [0.15, 0.2) is 0 Å². The van der Waals surface area contributed by atoms with Gasteiger partial charge in [-0.25, -0.2) is 4.79 Å². The lowest BCUT2D eigenvalue weighted by Crippen LogP contribution is -2.09. The third kappa shape index (κ3) is 7.36. The number of esters is 1. The van der Waals surface area contributed by atoms with Gasteiger partial charge in [0.25, 0.3) is 0 Å². The van der Waals surface area contributed by atoms with Crippen molar-refractivity contribution in [2.75, 3.05) is 26.2 Å². The first-order valence-electron chi connectivity index (χ1n) is 3.16. The molecule has 0 radical (unpaired) electrons. The molecule has 0 aromatic rings. The average Bonchev–Trinajstić information content (AvgIpc) is 2.04. The van der Waals surface area contributed by atoms with Crippen LogP contribution in [0.3, 0.4) is 0 Å². The van der Waals surface area contributed by atoms with Crippen LogP contribution < -0.4 is 0 Å². The van der Waals surface area contributed by atoms with E-state index < -0.39 is 0 Å². The predicted octanol–water partition coefficient (Wildman–Crippen LogP) is 0.971. The summed E-state index contributed by atoms with van der Waals surface area (Å²) in [5.74, 6) is 0.0889. The fraction of sp³-hybridized carbons (Fsp3) is 0.571. The molecule has 0 spiro atoms. The number of rotatable bonds is 5. The van der Waals surface area contributed by atoms with E-state index in [1.54, 1.807) is 12.2 Å². The molecule has 0 saturated carbocycles. The maximum absolute atomic E-state index is 10.4. The second-order valence-corrected chi connectivity index (χ2v) is 2.03. The van der Waals surface area contributed by atoms with E-state index in [2.05, 4.69) is 4.74 Å². The van der Waals surface area contributed by atoms with Crippen molar-refractivity contribution >= 4 is 17.6 Å². The van der Waals surface area contributed by atoms with Gasteiger partial charge in [0, 0.05) is 5.88 Å². The number of hydrogen-bond donors (Lipinski definition) is 0. The van der Waals surface area contributed by atoms with E-state index in [1.165, 1.54) is 7.11 Å². The smallest absolute Gasteiger partial charge is 0.331 e. The minimum atomic E-state index is -0.371. The minimum absolute atomic E-state index is 0.0108. The molecule has 4 heteroatoms. The first-order valence-corrected chi connectivity index (χ1v) is 3.70. The van der Waals surface area contributed by atoms with Gasteiger partial charge in [-0.15, -0.1) is 11.6 Å². The van der Waals surface area contributed by atoms with Crippen LogP contribution in [-0.4, -0.2) is 32.2 Å². The molecule has 0 saturated heterocycles. The van der Waals surface area contributed by atoms with Gasteiger partial charge in [0.1, 0.15) is 6.61 Å². The second kappa shape index (κ2) is 7.57. The van der Waals surface area contributed by atoms with Gasteiger partial charge in [0.2, 0.25) is 0 Å². The number of halogens is 1. The van der Waals surface area contributed by atoms with Crippen LogP contribution in [0.15, 0.2) is 12.2 Å². The Kier molecular flexibility index (Phi) is 7.19. The van der Waals surface area contributed by atoms with Gasteiger partial charge in [-0.05, 0) is 0 Å². The lowest BCUT2D eigenvalue weighted by atomic mass is 10.5. The average molecular weight is 179 g/mol. The molecule has 0 unspecified atom stereocenters. The highest BCUT2D eigenvalue weighted by atomic mass is 35.5. The maximum Gasteiger partial charge on any atom is 0.331 e. The number of methoxy groups -OCH3 is 1. The Labute approximate surface area is 70.9 Å². The van der Waals surface area contributed by atoms with E-state index in [0.717, 1.165) is 0 Å². The molecule has 0 aromatic heterocycles. The predicted molar refractivity (Wildman–Crippen MR) is 42.7 cm³/mol. The van der Waals surface area contributed by atoms with E-state index >= 15 is 0 Å². The third-order valence-electron chi connectivity index (χ3n) is 0.917. The SMILES string of the molecule is COC(=O)COC/C=C/CCl. The van der Waals surface area contributed by atoms with Crippen LogP contribution in [0, 0.1) is 0 Å². The Morgan fingerprint density at radius 1 is 1.55 bits per heavy atom. The first-order chi connectivity index (χ1) is 5.31. The molecule has 0 aromatic carbocycles. The summed E-state index contributed by atoms with van der Waals surface area (Å²) in [7, 11) is 1.32. The van der Waals surface area contributed by atoms with Crippen molar-refractivity contribution in [2.24, 2.45) is 0 Å². The lowest BCUT2D eigenvalue weighted by Gasteiger charge is -1.97. The Balaban J connectivity index is 3.14. The zero-order valence-electron chi connectivity index (χ0n) is 6.38. The molecule has 64 valence electrons. The van der Waals surface area contributed by atoms with Gasteiger partial charge in [-0.3, -0.25) is 0 Å². The Morgan fingerprint density at radius 3 is 2.82 bits per heavy atom. The summed E-state index contributed by atoms with van der Waals surface area (Å²) in [4.78, 5) is 10.4. The third-order valence-corrected chi connectivity index (χ3v) is 1.10. The second-order valence-electron chi connectivity index (χ2n) is 1.72. The normalized spacial score (nSPS) is 10.4. The van der Waals surface area contributed by atoms with E-state index in [-0.39, 0.29) is 12.6 Å². The molecule has 0 heterocycles. The summed E-state index contributed by atoms with van der Waals surface area (Å²) >= 11 is 5.34. The van der Waals surface area contributed by atoms with E-state index in [1.807, 2.05) is 0 Å². The molecule has 3 nitrogen and oxygen atoms in total. The number of carbonyl (C=O) groups excluding carboxylic acids is 1. The number of carbonyl (C=O) groups is 1. The van der Waals surface area contributed by atoms with Crippen molar-refractivity contribution in [1.82, 2.24) is 0 Å². The number of allylic oxidation sites excluding steroid dienone is 1. The molecule has 0 rings (SSSR count). The molecule has 0 aliphatic rings. The molecule has 11 heavy (non-hydrogen) atoms. The van der Waals surface area contributed by atoms with Crippen LogP contribution in [-0.2, 0) is 14.3 Å². The molecule has 0 aliphatic carbocycles. The van der Waals surface area contributed by atoms with E-state index in [9.17, 15) is 4.79 Å². The van der Waals surface area contributed by atoms with E-state index in [0.29, 0.717) is 12.5 Å². The molecular weight excluding hydrogens is 168 g/mol. The summed E-state index contributed by atoms with van der Waals surface area (Å²) in [5.41, 5.74) is 0. The van der Waals surface area contributed by atoms with Crippen LogP contribution in [0.25, 0.3) is 0 Å². The standard InChI is InChI=1S/C7H11ClO3/c1-10-7(9)6-11-5-3-2-4-8/h2-3H,4-6H2,1H3/b3-2+. The monoisotopic (exact) mass is 178 g/mol. The van der Waals surface area contributed by atoms with E-state index in [4.69, 9.17) is 16.3 Å². The lowest BCUT2D eigenvalue weighted by molar-refractivity contribution is -0.145. The van der Waals surface area contributed by atoms with Gasteiger partial charge >= 0.3 is 5.97 Å². The van der Waals surface area contributed by atoms with Gasteiger partial charge in [-0.1, -0.05) is 12.2 Å². The van der Waals surface area contributed by atoms with Crippen molar-refractivity contribution < 1.29 is 14.3 Å². The summed E-state index contributed by atoms with van der Waals surface area (Å²) in [6.45, 7) is 0.380. The van der Waals surface area contributed by atoms with Gasteiger partial charge < -0.3 is 9.47 Å². The highest BCUT2D eigenvalue weighted by Crippen LogP contribution is 1.82. The molecule has 0 fully saturated rings. The summed E-state index contributed by atoms with van der Waals surface area (Å²) in [6.07, 6.45) is 3.49. The Morgan fingerprint density at radius 2 is 2.27 bits per heavy atom. The highest BCUT2D eigenvalue weighted by Gasteiger charge is 1.96.